The van der Waals surface area contributed by atoms with Crippen molar-refractivity contribution in [1.82, 2.24) is 0 Å². The maximum atomic E-state index is 5.40. The van der Waals surface area contributed by atoms with Crippen LogP contribution in [0.1, 0.15) is 26.7 Å². The quantitative estimate of drug-likeness (QED) is 0.234. The Morgan fingerprint density at radius 1 is 0.794 bits per heavy atom. The van der Waals surface area contributed by atoms with Gasteiger partial charge in [0.05, 0.1) is 13.2 Å². The van der Waals surface area contributed by atoms with E-state index in [9.17, 15) is 0 Å². The van der Waals surface area contributed by atoms with E-state index in [-0.39, 0.29) is 0 Å². The van der Waals surface area contributed by atoms with Crippen LogP contribution in [0.25, 0.3) is 0 Å². The normalized spacial score (nSPS) is 13.6. The van der Waals surface area contributed by atoms with Gasteiger partial charge >= 0.3 is 88.5 Å². The number of ether oxygens (including phenoxy) is 2. The minimum atomic E-state index is 0.535. The second kappa shape index (κ2) is 14.1. The van der Waals surface area contributed by atoms with Crippen LogP contribution in [0.5, 0.6) is 11.5 Å². The number of thiocarbonyl (C=S) groups is 1. The summed E-state index contributed by atoms with van der Waals surface area (Å²) in [5, 5.41) is 6.80. The molecule has 0 heterocycles. The van der Waals surface area contributed by atoms with Crippen molar-refractivity contribution in [3.63, 3.8) is 0 Å². The van der Waals surface area contributed by atoms with Crippen LogP contribution >= 0.6 is 12.2 Å². The molecule has 2 aliphatic carbocycles. The van der Waals surface area contributed by atoms with Gasteiger partial charge in [-0.1, -0.05) is 0 Å². The number of hydrogen-bond donors (Lipinski definition) is 2. The van der Waals surface area contributed by atoms with E-state index in [1.165, 1.54) is 37.2 Å². The van der Waals surface area contributed by atoms with Gasteiger partial charge in [0.25, 0.3) is 0 Å². The molecule has 0 unspecified atom stereocenters. The van der Waals surface area contributed by atoms with E-state index >= 15 is 0 Å². The maximum absolute atomic E-state index is 5.40. The van der Waals surface area contributed by atoms with Gasteiger partial charge in [0.1, 0.15) is 11.5 Å². The fourth-order valence-electron chi connectivity index (χ4n) is 3.49. The Morgan fingerprint density at radius 3 is 1.53 bits per heavy atom. The molecule has 175 valence electrons. The predicted molar refractivity (Wildman–Crippen MR) is 142 cm³/mol. The summed E-state index contributed by atoms with van der Waals surface area (Å²) in [5.74, 6) is 1.69. The SMILES string of the molecule is CCOc1ccc(NC(=S)Nc2ccc(OCC)cc2)cc1.[Hf][CH](C1=CC=CC1)C1=CC=CC1. The van der Waals surface area contributed by atoms with E-state index in [0.29, 0.717) is 18.3 Å². The van der Waals surface area contributed by atoms with Crippen molar-refractivity contribution in [2.75, 3.05) is 23.8 Å². The second-order valence-electron chi connectivity index (χ2n) is 7.67. The van der Waals surface area contributed by atoms with Crippen LogP contribution in [0, 0.1) is 0 Å². The molecule has 2 aromatic rings. The molecular weight excluding hydrogens is 607 g/mol. The summed E-state index contributed by atoms with van der Waals surface area (Å²) in [6, 6.07) is 15.3. The van der Waals surface area contributed by atoms with Gasteiger partial charge in [0.15, 0.2) is 5.11 Å². The van der Waals surface area contributed by atoms with Gasteiger partial charge in [-0.3, -0.25) is 0 Å². The average molecular weight is 638 g/mol. The summed E-state index contributed by atoms with van der Waals surface area (Å²) in [4.78, 5) is 0. The molecule has 0 fully saturated rings. The summed E-state index contributed by atoms with van der Waals surface area (Å²) in [6.45, 7) is 5.24. The molecule has 0 amide bonds. The van der Waals surface area contributed by atoms with E-state index < -0.39 is 0 Å². The molecule has 0 saturated heterocycles. The monoisotopic (exact) mass is 639 g/mol. The van der Waals surface area contributed by atoms with Gasteiger partial charge in [0.2, 0.25) is 0 Å². The topological polar surface area (TPSA) is 42.5 Å². The predicted octanol–water partition coefficient (Wildman–Crippen LogP) is 7.39. The average Bonchev–Trinajstić information content (AvgIpc) is 3.57. The third-order valence-corrected chi connectivity index (χ3v) is 8.06. The number of rotatable bonds is 8. The zero-order valence-electron chi connectivity index (χ0n) is 19.7. The van der Waals surface area contributed by atoms with Crippen molar-refractivity contribution in [1.29, 1.82) is 0 Å². The van der Waals surface area contributed by atoms with Crippen molar-refractivity contribution < 1.29 is 33.8 Å². The van der Waals surface area contributed by atoms with Crippen molar-refractivity contribution in [3.05, 3.63) is 96.1 Å². The number of anilines is 2. The fraction of sp³-hybridized carbons (Fsp3) is 0.250. The van der Waals surface area contributed by atoms with Gasteiger partial charge in [0, 0.05) is 11.4 Å². The van der Waals surface area contributed by atoms with E-state index in [1.54, 1.807) is 11.1 Å². The van der Waals surface area contributed by atoms with Crippen LogP contribution < -0.4 is 20.1 Å². The second-order valence-corrected chi connectivity index (χ2v) is 10.2. The summed E-state index contributed by atoms with van der Waals surface area (Å²) in [5.41, 5.74) is 5.06. The fourth-order valence-corrected chi connectivity index (χ4v) is 5.26. The van der Waals surface area contributed by atoms with E-state index in [2.05, 4.69) is 47.1 Å². The summed E-state index contributed by atoms with van der Waals surface area (Å²) in [6.07, 6.45) is 15.8. The Kier molecular flexibility index (Phi) is 10.8. The first-order chi connectivity index (χ1) is 16.6. The summed E-state index contributed by atoms with van der Waals surface area (Å²) >= 11 is 6.56. The first-order valence-electron chi connectivity index (χ1n) is 11.5. The van der Waals surface area contributed by atoms with Crippen molar-refractivity contribution in [2.24, 2.45) is 0 Å². The molecule has 0 aromatic heterocycles. The van der Waals surface area contributed by atoms with Crippen molar-refractivity contribution in [2.45, 2.75) is 30.4 Å². The molecule has 0 saturated carbocycles. The molecule has 2 aliphatic rings. The number of benzene rings is 2. The number of hydrogen-bond acceptors (Lipinski definition) is 3. The molecule has 0 radical (unpaired) electrons. The zero-order chi connectivity index (χ0) is 24.2. The number of nitrogens with one attached hydrogen (secondary N) is 2. The molecule has 2 aromatic carbocycles. The third kappa shape index (κ3) is 8.41. The van der Waals surface area contributed by atoms with E-state index in [0.717, 1.165) is 26.5 Å². The Hall–Kier alpha value is -2.44. The zero-order valence-corrected chi connectivity index (χ0v) is 24.1. The first kappa shape index (κ1) is 26.2. The Balaban J connectivity index is 0.000000226. The third-order valence-electron chi connectivity index (χ3n) is 5.19. The Labute approximate surface area is 223 Å². The standard InChI is InChI=1S/C17H20N2O2S.C11H11.Hf/c1-3-20-15-9-5-13(6-10-15)18-17(22)19-14-7-11-16(12-8-14)21-4-2;1-2-6-10(5-1)9-11-7-3-4-8-11;/h5-12H,3-4H2,1-2H3,(H2,18,19,22);1-5,7,9H,6,8H2;. The molecule has 4 nitrogen and oxygen atoms in total. The van der Waals surface area contributed by atoms with Crippen LogP contribution in [-0.4, -0.2) is 18.3 Å². The van der Waals surface area contributed by atoms with Crippen LogP contribution in [0.2, 0.25) is 3.67 Å². The van der Waals surface area contributed by atoms with Gasteiger partial charge in [-0.05, 0) is 74.6 Å². The summed E-state index contributed by atoms with van der Waals surface area (Å²) < 4.78 is 11.6. The van der Waals surface area contributed by atoms with Crippen molar-refractivity contribution >= 4 is 28.7 Å². The molecule has 0 aliphatic heterocycles. The van der Waals surface area contributed by atoms with Gasteiger partial charge in [-0.25, -0.2) is 0 Å². The van der Waals surface area contributed by atoms with Gasteiger partial charge in [-0.2, -0.15) is 0 Å². The Morgan fingerprint density at radius 2 is 1.21 bits per heavy atom. The van der Waals surface area contributed by atoms with Crippen LogP contribution in [-0.2, 0) is 24.4 Å². The first-order valence-corrected chi connectivity index (χ1v) is 14.0. The molecule has 0 spiro atoms. The molecule has 34 heavy (non-hydrogen) atoms. The van der Waals surface area contributed by atoms with E-state index in [1.807, 2.05) is 62.4 Å². The Bertz CT molecular complexity index is 973. The van der Waals surface area contributed by atoms with Crippen molar-refractivity contribution in [3.8, 4) is 11.5 Å². The summed E-state index contributed by atoms with van der Waals surface area (Å²) in [7, 11) is 0. The van der Waals surface area contributed by atoms with Gasteiger partial charge in [-0.15, -0.1) is 0 Å². The van der Waals surface area contributed by atoms with E-state index in [4.69, 9.17) is 21.7 Å². The molecular formula is C28H31HfN2O2S. The molecule has 0 atom stereocenters. The van der Waals surface area contributed by atoms with Gasteiger partial charge < -0.3 is 20.1 Å². The number of allylic oxidation sites excluding steroid dienone is 8. The molecule has 2 N–H and O–H groups in total. The molecule has 0 bridgehead atoms. The minimum absolute atomic E-state index is 0.535. The molecule has 4 rings (SSSR count). The molecule has 6 heteroatoms. The van der Waals surface area contributed by atoms with Crippen LogP contribution in [0.4, 0.5) is 11.4 Å². The van der Waals surface area contributed by atoms with Crippen LogP contribution in [0.15, 0.2) is 96.1 Å². The van der Waals surface area contributed by atoms with Crippen LogP contribution in [0.3, 0.4) is 0 Å².